The molecule has 1 fully saturated rings. The van der Waals surface area contributed by atoms with Crippen molar-refractivity contribution in [2.45, 2.75) is 20.0 Å². The Morgan fingerprint density at radius 2 is 2.05 bits per heavy atom. The quantitative estimate of drug-likeness (QED) is 0.881. The van der Waals surface area contributed by atoms with Crippen LogP contribution in [0.2, 0.25) is 0 Å². The fraction of sp³-hybridized carbons (Fsp3) is 0.500. The average molecular weight is 266 g/mol. The normalized spacial score (nSPS) is 17.8. The van der Waals surface area contributed by atoms with E-state index in [4.69, 9.17) is 0 Å². The van der Waals surface area contributed by atoms with Gasteiger partial charge >= 0.3 is 0 Å². The number of aryl methyl sites for hydroxylation is 1. The SMILES string of the molecule is Cc1cc(N2CCN(C)C(=O)C2)c([C@@H](C)O)cc1F. The molecule has 0 bridgehead atoms. The number of hydrogen-bond donors (Lipinski definition) is 1. The summed E-state index contributed by atoms with van der Waals surface area (Å²) >= 11 is 0. The van der Waals surface area contributed by atoms with Crippen LogP contribution in [0.25, 0.3) is 0 Å². The van der Waals surface area contributed by atoms with Crippen molar-refractivity contribution in [2.24, 2.45) is 0 Å². The van der Waals surface area contributed by atoms with Crippen LogP contribution >= 0.6 is 0 Å². The number of benzene rings is 1. The van der Waals surface area contributed by atoms with Crippen molar-refractivity contribution in [1.29, 1.82) is 0 Å². The predicted octanol–water partition coefficient (Wildman–Crippen LogP) is 1.47. The second kappa shape index (κ2) is 5.17. The maximum atomic E-state index is 13.6. The highest BCUT2D eigenvalue weighted by atomic mass is 19.1. The summed E-state index contributed by atoms with van der Waals surface area (Å²) in [6.45, 7) is 4.87. The van der Waals surface area contributed by atoms with E-state index in [9.17, 15) is 14.3 Å². The van der Waals surface area contributed by atoms with Crippen LogP contribution in [0.5, 0.6) is 0 Å². The number of carbonyl (C=O) groups excluding carboxylic acids is 1. The monoisotopic (exact) mass is 266 g/mol. The maximum Gasteiger partial charge on any atom is 0.241 e. The second-order valence-corrected chi connectivity index (χ2v) is 5.07. The number of halogens is 1. The lowest BCUT2D eigenvalue weighted by atomic mass is 10.0. The van der Waals surface area contributed by atoms with Crippen LogP contribution in [-0.4, -0.2) is 42.6 Å². The van der Waals surface area contributed by atoms with Gasteiger partial charge in [0, 0.05) is 31.4 Å². The van der Waals surface area contributed by atoms with Gasteiger partial charge in [0.1, 0.15) is 5.82 Å². The first-order valence-corrected chi connectivity index (χ1v) is 6.37. The Bertz CT molecular complexity index is 502. The number of nitrogens with zero attached hydrogens (tertiary/aromatic N) is 2. The molecule has 1 saturated heterocycles. The van der Waals surface area contributed by atoms with Gasteiger partial charge in [-0.2, -0.15) is 0 Å². The zero-order chi connectivity index (χ0) is 14.2. The molecular weight excluding hydrogens is 247 g/mol. The minimum Gasteiger partial charge on any atom is -0.389 e. The molecule has 1 aliphatic heterocycles. The lowest BCUT2D eigenvalue weighted by Crippen LogP contribution is -2.48. The van der Waals surface area contributed by atoms with Crippen molar-refractivity contribution in [2.75, 3.05) is 31.6 Å². The summed E-state index contributed by atoms with van der Waals surface area (Å²) in [5.74, 6) is -0.301. The third kappa shape index (κ3) is 2.71. The van der Waals surface area contributed by atoms with Gasteiger partial charge in [0.15, 0.2) is 0 Å². The summed E-state index contributed by atoms with van der Waals surface area (Å²) in [5, 5.41) is 9.78. The van der Waals surface area contributed by atoms with Gasteiger partial charge in [0.05, 0.1) is 12.6 Å². The Kier molecular flexibility index (Phi) is 3.75. The fourth-order valence-electron chi connectivity index (χ4n) is 2.25. The van der Waals surface area contributed by atoms with Gasteiger partial charge in [-0.1, -0.05) is 0 Å². The lowest BCUT2D eigenvalue weighted by molar-refractivity contribution is -0.129. The number of rotatable bonds is 2. The fourth-order valence-corrected chi connectivity index (χ4v) is 2.25. The van der Waals surface area contributed by atoms with Crippen LogP contribution in [0.15, 0.2) is 12.1 Å². The van der Waals surface area contributed by atoms with E-state index in [1.165, 1.54) is 6.07 Å². The van der Waals surface area contributed by atoms with E-state index in [2.05, 4.69) is 0 Å². The van der Waals surface area contributed by atoms with Gasteiger partial charge in [-0.3, -0.25) is 4.79 Å². The van der Waals surface area contributed by atoms with Gasteiger partial charge in [-0.05, 0) is 31.5 Å². The Hall–Kier alpha value is -1.62. The number of piperazine rings is 1. The van der Waals surface area contributed by atoms with Crippen LogP contribution in [-0.2, 0) is 4.79 Å². The summed E-state index contributed by atoms with van der Waals surface area (Å²) in [4.78, 5) is 15.3. The van der Waals surface area contributed by atoms with Crippen LogP contribution in [0, 0.1) is 12.7 Å². The van der Waals surface area contributed by atoms with Gasteiger partial charge in [-0.25, -0.2) is 4.39 Å². The Morgan fingerprint density at radius 1 is 1.37 bits per heavy atom. The van der Waals surface area contributed by atoms with E-state index in [1.54, 1.807) is 31.9 Å². The maximum absolute atomic E-state index is 13.6. The smallest absolute Gasteiger partial charge is 0.241 e. The molecule has 1 heterocycles. The largest absolute Gasteiger partial charge is 0.389 e. The minimum absolute atomic E-state index is 0.0322. The first kappa shape index (κ1) is 13.8. The van der Waals surface area contributed by atoms with Crippen LogP contribution in [0.3, 0.4) is 0 Å². The third-order valence-electron chi connectivity index (χ3n) is 3.56. The zero-order valence-electron chi connectivity index (χ0n) is 11.5. The highest BCUT2D eigenvalue weighted by molar-refractivity contribution is 5.83. The van der Waals surface area contributed by atoms with Crippen molar-refractivity contribution in [3.63, 3.8) is 0 Å². The Labute approximate surface area is 112 Å². The summed E-state index contributed by atoms with van der Waals surface area (Å²) in [7, 11) is 1.77. The van der Waals surface area contributed by atoms with E-state index in [-0.39, 0.29) is 18.3 Å². The number of amides is 1. The van der Waals surface area contributed by atoms with Gasteiger partial charge in [0.2, 0.25) is 5.91 Å². The lowest BCUT2D eigenvalue weighted by Gasteiger charge is -2.35. The first-order chi connectivity index (χ1) is 8.90. The number of likely N-dealkylation sites (N-methyl/N-ethyl adjacent to an activating group) is 1. The van der Waals surface area contributed by atoms with Crippen LogP contribution < -0.4 is 4.90 Å². The Morgan fingerprint density at radius 3 is 2.63 bits per heavy atom. The van der Waals surface area contributed by atoms with Crippen molar-refractivity contribution in [3.05, 3.63) is 29.1 Å². The first-order valence-electron chi connectivity index (χ1n) is 6.37. The molecule has 1 amide bonds. The van der Waals surface area contributed by atoms with E-state index in [0.29, 0.717) is 24.2 Å². The zero-order valence-corrected chi connectivity index (χ0v) is 11.5. The van der Waals surface area contributed by atoms with Crippen LogP contribution in [0.4, 0.5) is 10.1 Å². The highest BCUT2D eigenvalue weighted by Gasteiger charge is 2.24. The van der Waals surface area contributed by atoms with E-state index >= 15 is 0 Å². The summed E-state index contributed by atoms with van der Waals surface area (Å²) in [5.41, 5.74) is 1.79. The molecule has 1 N–H and O–H groups in total. The predicted molar refractivity (Wildman–Crippen MR) is 71.6 cm³/mol. The molecule has 19 heavy (non-hydrogen) atoms. The van der Waals surface area contributed by atoms with E-state index in [0.717, 1.165) is 5.69 Å². The number of carbonyl (C=O) groups is 1. The summed E-state index contributed by atoms with van der Waals surface area (Å²) in [6, 6.07) is 3.06. The molecule has 1 atom stereocenters. The molecule has 104 valence electrons. The van der Waals surface area contributed by atoms with E-state index in [1.807, 2.05) is 4.90 Å². The molecule has 0 saturated carbocycles. The van der Waals surface area contributed by atoms with Gasteiger partial charge in [0.25, 0.3) is 0 Å². The number of aliphatic hydroxyl groups is 1. The molecule has 0 spiro atoms. The highest BCUT2D eigenvalue weighted by Crippen LogP contribution is 2.30. The summed E-state index contributed by atoms with van der Waals surface area (Å²) in [6.07, 6.45) is -0.764. The number of aliphatic hydroxyl groups excluding tert-OH is 1. The minimum atomic E-state index is -0.764. The topological polar surface area (TPSA) is 43.8 Å². The van der Waals surface area contributed by atoms with Crippen LogP contribution in [0.1, 0.15) is 24.2 Å². The standard InChI is InChI=1S/C14H19FN2O2/c1-9-6-13(11(10(2)18)7-12(9)15)17-5-4-16(3)14(19)8-17/h6-7,10,18H,4-5,8H2,1-3H3/t10-/m1/s1. The molecule has 2 rings (SSSR count). The van der Waals surface area contributed by atoms with Gasteiger partial charge < -0.3 is 14.9 Å². The average Bonchev–Trinajstić information content (AvgIpc) is 2.35. The molecule has 0 aliphatic carbocycles. The molecule has 0 unspecified atom stereocenters. The number of anilines is 1. The van der Waals surface area contributed by atoms with E-state index < -0.39 is 6.10 Å². The molecule has 5 heteroatoms. The second-order valence-electron chi connectivity index (χ2n) is 5.07. The molecule has 0 radical (unpaired) electrons. The van der Waals surface area contributed by atoms with Crippen molar-refractivity contribution in [3.8, 4) is 0 Å². The molecule has 1 aliphatic rings. The molecule has 0 aromatic heterocycles. The molecule has 1 aromatic rings. The third-order valence-corrected chi connectivity index (χ3v) is 3.56. The summed E-state index contributed by atoms with van der Waals surface area (Å²) < 4.78 is 13.6. The Balaban J connectivity index is 2.38. The van der Waals surface area contributed by atoms with Gasteiger partial charge in [-0.15, -0.1) is 0 Å². The van der Waals surface area contributed by atoms with Crippen molar-refractivity contribution >= 4 is 11.6 Å². The van der Waals surface area contributed by atoms with Crippen molar-refractivity contribution < 1.29 is 14.3 Å². The number of hydrogen-bond acceptors (Lipinski definition) is 3. The molecular formula is C14H19FN2O2. The molecule has 4 nitrogen and oxygen atoms in total. The van der Waals surface area contributed by atoms with Crippen molar-refractivity contribution in [1.82, 2.24) is 4.90 Å². The molecule has 1 aromatic carbocycles.